The first-order chi connectivity index (χ1) is 9.51. The molecule has 0 unspecified atom stereocenters. The van der Waals surface area contributed by atoms with Crippen molar-refractivity contribution in [2.45, 2.75) is 19.2 Å². The first-order valence-electron chi connectivity index (χ1n) is 6.24. The van der Waals surface area contributed by atoms with E-state index in [1.807, 2.05) is 50.2 Å². The van der Waals surface area contributed by atoms with Crippen molar-refractivity contribution < 1.29 is 4.79 Å². The maximum atomic E-state index is 12.3. The second-order valence-electron chi connectivity index (χ2n) is 4.70. The molecule has 0 spiro atoms. The molecule has 2 aromatic rings. The van der Waals surface area contributed by atoms with E-state index in [2.05, 4.69) is 37.2 Å². The number of halogens is 2. The first-order valence-corrected chi connectivity index (χ1v) is 8.15. The molecule has 0 aliphatic heterocycles. The van der Waals surface area contributed by atoms with Gasteiger partial charge in [0.2, 0.25) is 0 Å². The van der Waals surface area contributed by atoms with E-state index in [0.717, 1.165) is 32.2 Å². The molecule has 2 rings (SSSR count). The van der Waals surface area contributed by atoms with Gasteiger partial charge in [0.15, 0.2) is 0 Å². The van der Waals surface area contributed by atoms with Gasteiger partial charge in [-0.25, -0.2) is 0 Å². The van der Waals surface area contributed by atoms with Gasteiger partial charge in [-0.2, -0.15) is 0 Å². The summed E-state index contributed by atoms with van der Waals surface area (Å²) in [7, 11) is 0. The predicted molar refractivity (Wildman–Crippen MR) is 90.6 cm³/mol. The molecule has 0 aromatic heterocycles. The molecule has 1 amide bonds. The molecule has 0 saturated carbocycles. The Hall–Kier alpha value is -1.13. The van der Waals surface area contributed by atoms with Crippen LogP contribution in [-0.4, -0.2) is 5.91 Å². The zero-order valence-electron chi connectivity index (χ0n) is 11.3. The van der Waals surface area contributed by atoms with E-state index in [9.17, 15) is 4.79 Å². The van der Waals surface area contributed by atoms with Crippen LogP contribution < -0.4 is 5.32 Å². The van der Waals surface area contributed by atoms with Crippen LogP contribution in [0.15, 0.2) is 40.9 Å². The second-order valence-corrected chi connectivity index (χ2v) is 6.18. The summed E-state index contributed by atoms with van der Waals surface area (Å²) >= 11 is 6.85. The number of rotatable bonds is 3. The Morgan fingerprint density at radius 2 is 1.65 bits per heavy atom. The Morgan fingerprint density at radius 3 is 2.15 bits per heavy atom. The summed E-state index contributed by atoms with van der Waals surface area (Å²) in [5.41, 5.74) is 4.78. The average molecular weight is 397 g/mol. The Kier molecular flexibility index (Phi) is 5.00. The summed E-state index contributed by atoms with van der Waals surface area (Å²) in [6.45, 7) is 3.97. The Morgan fingerprint density at radius 1 is 1.10 bits per heavy atom. The molecule has 1 N–H and O–H groups in total. The first kappa shape index (κ1) is 15.3. The topological polar surface area (TPSA) is 29.1 Å². The van der Waals surface area contributed by atoms with Crippen molar-refractivity contribution in [3.63, 3.8) is 0 Å². The fraction of sp³-hybridized carbons (Fsp3) is 0.188. The number of nitrogens with one attached hydrogen (secondary N) is 1. The SMILES string of the molecule is Cc1cc(Br)cc(C)c1NC(=O)c1ccc(CBr)cc1. The molecule has 2 aromatic carbocycles. The van der Waals surface area contributed by atoms with Crippen LogP contribution in [0.25, 0.3) is 0 Å². The highest BCUT2D eigenvalue weighted by Gasteiger charge is 2.10. The minimum atomic E-state index is -0.0837. The third-order valence-corrected chi connectivity index (χ3v) is 4.21. The lowest BCUT2D eigenvalue weighted by Gasteiger charge is -2.12. The fourth-order valence-electron chi connectivity index (χ4n) is 2.04. The van der Waals surface area contributed by atoms with Gasteiger partial charge in [-0.15, -0.1) is 0 Å². The van der Waals surface area contributed by atoms with Gasteiger partial charge in [0.25, 0.3) is 5.91 Å². The third-order valence-electron chi connectivity index (χ3n) is 3.11. The number of anilines is 1. The van der Waals surface area contributed by atoms with E-state index >= 15 is 0 Å². The van der Waals surface area contributed by atoms with E-state index in [0.29, 0.717) is 5.56 Å². The number of benzene rings is 2. The zero-order valence-corrected chi connectivity index (χ0v) is 14.5. The summed E-state index contributed by atoms with van der Waals surface area (Å²) in [6.07, 6.45) is 0. The Labute approximate surface area is 135 Å². The smallest absolute Gasteiger partial charge is 0.255 e. The van der Waals surface area contributed by atoms with Gasteiger partial charge in [-0.05, 0) is 54.8 Å². The van der Waals surface area contributed by atoms with Gasteiger partial charge < -0.3 is 5.32 Å². The van der Waals surface area contributed by atoms with Gasteiger partial charge in [0.05, 0.1) is 0 Å². The van der Waals surface area contributed by atoms with Crippen LogP contribution in [0.5, 0.6) is 0 Å². The highest BCUT2D eigenvalue weighted by molar-refractivity contribution is 9.10. The third kappa shape index (κ3) is 3.49. The highest BCUT2D eigenvalue weighted by Crippen LogP contribution is 2.25. The summed E-state index contributed by atoms with van der Waals surface area (Å²) in [5, 5.41) is 3.78. The molecule has 0 heterocycles. The normalized spacial score (nSPS) is 10.4. The van der Waals surface area contributed by atoms with Gasteiger partial charge in [0, 0.05) is 21.1 Å². The lowest BCUT2D eigenvalue weighted by molar-refractivity contribution is 0.102. The fourth-order valence-corrected chi connectivity index (χ4v) is 3.10. The van der Waals surface area contributed by atoms with Crippen LogP contribution in [0.3, 0.4) is 0 Å². The number of aryl methyl sites for hydroxylation is 2. The largest absolute Gasteiger partial charge is 0.322 e. The molecule has 0 aliphatic rings. The highest BCUT2D eigenvalue weighted by atomic mass is 79.9. The molecule has 0 atom stereocenters. The van der Waals surface area contributed by atoms with Crippen molar-refractivity contribution >= 4 is 43.5 Å². The van der Waals surface area contributed by atoms with Crippen molar-refractivity contribution in [3.8, 4) is 0 Å². The molecular weight excluding hydrogens is 382 g/mol. The number of hydrogen-bond acceptors (Lipinski definition) is 1. The average Bonchev–Trinajstić information content (AvgIpc) is 2.42. The van der Waals surface area contributed by atoms with Gasteiger partial charge >= 0.3 is 0 Å². The van der Waals surface area contributed by atoms with Gasteiger partial charge in [-0.1, -0.05) is 44.0 Å². The molecular formula is C16H15Br2NO. The number of carbonyl (C=O) groups excluding carboxylic acids is 1. The van der Waals surface area contributed by atoms with Crippen molar-refractivity contribution in [1.82, 2.24) is 0 Å². The molecule has 4 heteroatoms. The number of amides is 1. The molecule has 0 fully saturated rings. The molecule has 0 bridgehead atoms. The van der Waals surface area contributed by atoms with E-state index in [-0.39, 0.29) is 5.91 Å². The van der Waals surface area contributed by atoms with E-state index in [4.69, 9.17) is 0 Å². The van der Waals surface area contributed by atoms with Crippen molar-refractivity contribution in [3.05, 3.63) is 63.1 Å². The van der Waals surface area contributed by atoms with E-state index in [1.165, 1.54) is 0 Å². The maximum Gasteiger partial charge on any atom is 0.255 e. The lowest BCUT2D eigenvalue weighted by atomic mass is 10.1. The summed E-state index contributed by atoms with van der Waals surface area (Å²) in [6, 6.07) is 11.6. The van der Waals surface area contributed by atoms with Crippen molar-refractivity contribution in [1.29, 1.82) is 0 Å². The minimum absolute atomic E-state index is 0.0837. The number of alkyl halides is 1. The van der Waals surface area contributed by atoms with Crippen LogP contribution in [0, 0.1) is 13.8 Å². The monoisotopic (exact) mass is 395 g/mol. The maximum absolute atomic E-state index is 12.3. The predicted octanol–water partition coefficient (Wildman–Crippen LogP) is 5.21. The zero-order chi connectivity index (χ0) is 14.7. The van der Waals surface area contributed by atoms with Crippen LogP contribution in [0.1, 0.15) is 27.0 Å². The van der Waals surface area contributed by atoms with Crippen molar-refractivity contribution in [2.75, 3.05) is 5.32 Å². The van der Waals surface area contributed by atoms with E-state index < -0.39 is 0 Å². The van der Waals surface area contributed by atoms with Gasteiger partial charge in [-0.3, -0.25) is 4.79 Å². The molecule has 0 aliphatic carbocycles. The molecule has 0 radical (unpaired) electrons. The number of hydrogen-bond donors (Lipinski definition) is 1. The summed E-state index contributed by atoms with van der Waals surface area (Å²) < 4.78 is 1.02. The quantitative estimate of drug-likeness (QED) is 0.708. The van der Waals surface area contributed by atoms with Crippen LogP contribution in [0.4, 0.5) is 5.69 Å². The molecule has 0 saturated heterocycles. The molecule has 2 nitrogen and oxygen atoms in total. The Bertz CT molecular complexity index is 612. The minimum Gasteiger partial charge on any atom is -0.322 e. The van der Waals surface area contributed by atoms with Gasteiger partial charge in [0.1, 0.15) is 0 Å². The van der Waals surface area contributed by atoms with Crippen LogP contribution in [-0.2, 0) is 5.33 Å². The van der Waals surface area contributed by atoms with E-state index in [1.54, 1.807) is 0 Å². The summed E-state index contributed by atoms with van der Waals surface area (Å²) in [4.78, 5) is 12.3. The van der Waals surface area contributed by atoms with Crippen LogP contribution in [0.2, 0.25) is 0 Å². The van der Waals surface area contributed by atoms with Crippen molar-refractivity contribution in [2.24, 2.45) is 0 Å². The molecule has 104 valence electrons. The van der Waals surface area contributed by atoms with Crippen LogP contribution >= 0.6 is 31.9 Å². The number of carbonyl (C=O) groups is 1. The molecule has 20 heavy (non-hydrogen) atoms. The standard InChI is InChI=1S/C16H15Br2NO/c1-10-7-14(18)8-11(2)15(10)19-16(20)13-5-3-12(9-17)4-6-13/h3-8H,9H2,1-2H3,(H,19,20). The second kappa shape index (κ2) is 6.55. The lowest BCUT2D eigenvalue weighted by Crippen LogP contribution is -2.13. The summed E-state index contributed by atoms with van der Waals surface area (Å²) in [5.74, 6) is -0.0837. The Balaban J connectivity index is 2.23.